The Balaban J connectivity index is 1.90. The maximum atomic E-state index is 6.00. The maximum Gasteiger partial charge on any atom is 0.219 e. The summed E-state index contributed by atoms with van der Waals surface area (Å²) in [7, 11) is 0. The van der Waals surface area contributed by atoms with E-state index in [2.05, 4.69) is 24.9 Å². The summed E-state index contributed by atoms with van der Waals surface area (Å²) < 4.78 is 11.9. The van der Waals surface area contributed by atoms with E-state index in [4.69, 9.17) is 15.2 Å². The number of ether oxygens (including phenoxy) is 2. The van der Waals surface area contributed by atoms with Gasteiger partial charge in [-0.2, -0.15) is 0 Å². The molecule has 2 heterocycles. The topological polar surface area (TPSA) is 57.4 Å². The Hall–Kier alpha value is -2.07. The van der Waals surface area contributed by atoms with Crippen LogP contribution in [-0.2, 0) is 6.42 Å². The van der Waals surface area contributed by atoms with E-state index in [1.54, 1.807) is 6.20 Å². The van der Waals surface area contributed by atoms with Crippen molar-refractivity contribution in [3.05, 3.63) is 47.7 Å². The van der Waals surface area contributed by atoms with E-state index in [9.17, 15) is 0 Å². The van der Waals surface area contributed by atoms with Gasteiger partial charge in [-0.15, -0.1) is 0 Å². The first-order chi connectivity index (χ1) is 9.94. The summed E-state index contributed by atoms with van der Waals surface area (Å²) in [6.45, 7) is 6.09. The van der Waals surface area contributed by atoms with E-state index >= 15 is 0 Å². The third kappa shape index (κ3) is 2.85. The molecule has 21 heavy (non-hydrogen) atoms. The van der Waals surface area contributed by atoms with Gasteiger partial charge in [0.1, 0.15) is 5.60 Å². The quantitative estimate of drug-likeness (QED) is 0.935. The molecular weight excluding hydrogens is 264 g/mol. The number of aromatic nitrogens is 1. The van der Waals surface area contributed by atoms with Crippen molar-refractivity contribution in [2.24, 2.45) is 5.73 Å². The minimum absolute atomic E-state index is 0.0491. The van der Waals surface area contributed by atoms with Gasteiger partial charge in [-0.1, -0.05) is 12.1 Å². The van der Waals surface area contributed by atoms with Gasteiger partial charge >= 0.3 is 0 Å². The molecule has 1 aliphatic rings. The van der Waals surface area contributed by atoms with E-state index in [0.717, 1.165) is 17.7 Å². The number of benzene rings is 1. The van der Waals surface area contributed by atoms with Gasteiger partial charge in [-0.3, -0.25) is 0 Å². The van der Waals surface area contributed by atoms with Crippen molar-refractivity contribution >= 4 is 0 Å². The molecule has 3 rings (SSSR count). The maximum absolute atomic E-state index is 6.00. The van der Waals surface area contributed by atoms with Crippen molar-refractivity contribution in [2.45, 2.75) is 38.8 Å². The second-order valence-electron chi connectivity index (χ2n) is 6.10. The molecule has 1 unspecified atom stereocenters. The van der Waals surface area contributed by atoms with Gasteiger partial charge in [-0.05, 0) is 38.5 Å². The lowest BCUT2D eigenvalue weighted by atomic mass is 10.0. The summed E-state index contributed by atoms with van der Waals surface area (Å²) >= 11 is 0. The Labute approximate surface area is 124 Å². The molecule has 0 amide bonds. The molecule has 4 heteroatoms. The number of hydrogen-bond donors (Lipinski definition) is 1. The zero-order valence-corrected chi connectivity index (χ0v) is 12.6. The number of pyridine rings is 1. The van der Waals surface area contributed by atoms with Gasteiger partial charge in [0.25, 0.3) is 0 Å². The third-order valence-electron chi connectivity index (χ3n) is 3.55. The zero-order valence-electron chi connectivity index (χ0n) is 12.6. The van der Waals surface area contributed by atoms with E-state index in [0.29, 0.717) is 11.6 Å². The van der Waals surface area contributed by atoms with Gasteiger partial charge < -0.3 is 15.2 Å². The van der Waals surface area contributed by atoms with Gasteiger partial charge in [0, 0.05) is 30.3 Å². The highest BCUT2D eigenvalue weighted by atomic mass is 16.5. The Morgan fingerprint density at radius 1 is 1.33 bits per heavy atom. The summed E-state index contributed by atoms with van der Waals surface area (Å²) in [5.74, 6) is 2.05. The molecule has 4 nitrogen and oxygen atoms in total. The average molecular weight is 284 g/mol. The van der Waals surface area contributed by atoms with Crippen LogP contribution in [0, 0.1) is 0 Å². The fourth-order valence-electron chi connectivity index (χ4n) is 2.54. The van der Waals surface area contributed by atoms with E-state index in [1.165, 1.54) is 5.56 Å². The van der Waals surface area contributed by atoms with Crippen molar-refractivity contribution < 1.29 is 9.47 Å². The van der Waals surface area contributed by atoms with Crippen LogP contribution in [0.25, 0.3) is 0 Å². The minimum atomic E-state index is -0.192. The fraction of sp³-hybridized carbons (Fsp3) is 0.353. The normalized spacial score (nSPS) is 17.0. The molecule has 1 aromatic heterocycles. The number of nitrogens with two attached hydrogens (primary N) is 1. The van der Waals surface area contributed by atoms with E-state index < -0.39 is 0 Å². The first kappa shape index (κ1) is 13.9. The molecule has 2 aromatic rings. The summed E-state index contributed by atoms with van der Waals surface area (Å²) in [5.41, 5.74) is 7.86. The molecule has 0 fully saturated rings. The largest absolute Gasteiger partial charge is 0.483 e. The highest BCUT2D eigenvalue weighted by Gasteiger charge is 2.32. The van der Waals surface area contributed by atoms with Crippen LogP contribution in [-0.4, -0.2) is 10.6 Å². The predicted molar refractivity (Wildman–Crippen MR) is 81.8 cm³/mol. The second-order valence-corrected chi connectivity index (χ2v) is 6.10. The smallest absolute Gasteiger partial charge is 0.219 e. The van der Waals surface area contributed by atoms with Crippen LogP contribution < -0.4 is 15.2 Å². The summed E-state index contributed by atoms with van der Waals surface area (Å²) in [4.78, 5) is 4.25. The SMILES string of the molecule is CC(N)c1ccnc(Oc2cccc3c2OC(C)(C)C3)c1. The monoisotopic (exact) mass is 284 g/mol. The number of hydrogen-bond acceptors (Lipinski definition) is 4. The summed E-state index contributed by atoms with van der Waals surface area (Å²) in [6, 6.07) is 9.67. The van der Waals surface area contributed by atoms with E-state index in [1.807, 2.05) is 31.2 Å². The molecule has 0 saturated carbocycles. The fourth-order valence-corrected chi connectivity index (χ4v) is 2.54. The molecular formula is C17H20N2O2. The number of rotatable bonds is 3. The highest BCUT2D eigenvalue weighted by molar-refractivity contribution is 5.51. The molecule has 0 saturated heterocycles. The predicted octanol–water partition coefficient (Wildman–Crippen LogP) is 3.61. The van der Waals surface area contributed by atoms with Crippen LogP contribution in [0.1, 0.15) is 37.9 Å². The Morgan fingerprint density at radius 3 is 2.90 bits per heavy atom. The molecule has 0 spiro atoms. The van der Waals surface area contributed by atoms with Crippen molar-refractivity contribution in [2.75, 3.05) is 0 Å². The highest BCUT2D eigenvalue weighted by Crippen LogP contribution is 2.43. The van der Waals surface area contributed by atoms with Crippen LogP contribution in [0.15, 0.2) is 36.5 Å². The Bertz CT molecular complexity index is 666. The molecule has 1 aromatic carbocycles. The third-order valence-corrected chi connectivity index (χ3v) is 3.55. The second kappa shape index (κ2) is 5.04. The lowest BCUT2D eigenvalue weighted by molar-refractivity contribution is 0.135. The van der Waals surface area contributed by atoms with Crippen LogP contribution in [0.5, 0.6) is 17.4 Å². The number of para-hydroxylation sites is 1. The zero-order chi connectivity index (χ0) is 15.0. The molecule has 110 valence electrons. The Kier molecular flexibility index (Phi) is 3.33. The first-order valence-corrected chi connectivity index (χ1v) is 7.15. The van der Waals surface area contributed by atoms with Crippen molar-refractivity contribution in [3.63, 3.8) is 0 Å². The first-order valence-electron chi connectivity index (χ1n) is 7.15. The molecule has 2 N–H and O–H groups in total. The number of fused-ring (bicyclic) bond motifs is 1. The van der Waals surface area contributed by atoms with Crippen molar-refractivity contribution in [3.8, 4) is 17.4 Å². The van der Waals surface area contributed by atoms with Crippen LogP contribution in [0.2, 0.25) is 0 Å². The lowest BCUT2D eigenvalue weighted by Crippen LogP contribution is -2.24. The van der Waals surface area contributed by atoms with Gasteiger partial charge in [0.15, 0.2) is 11.5 Å². The lowest BCUT2D eigenvalue weighted by Gasteiger charge is -2.18. The van der Waals surface area contributed by atoms with E-state index in [-0.39, 0.29) is 11.6 Å². The van der Waals surface area contributed by atoms with Gasteiger partial charge in [0.05, 0.1) is 0 Å². The molecule has 0 bridgehead atoms. The van der Waals surface area contributed by atoms with Crippen LogP contribution >= 0.6 is 0 Å². The summed E-state index contributed by atoms with van der Waals surface area (Å²) in [5, 5.41) is 0. The summed E-state index contributed by atoms with van der Waals surface area (Å²) in [6.07, 6.45) is 2.59. The molecule has 0 radical (unpaired) electrons. The molecule has 1 atom stereocenters. The van der Waals surface area contributed by atoms with Crippen LogP contribution in [0.4, 0.5) is 0 Å². The van der Waals surface area contributed by atoms with Crippen molar-refractivity contribution in [1.82, 2.24) is 4.98 Å². The molecule has 0 aliphatic carbocycles. The Morgan fingerprint density at radius 2 is 2.14 bits per heavy atom. The van der Waals surface area contributed by atoms with Gasteiger partial charge in [0.2, 0.25) is 5.88 Å². The molecule has 1 aliphatic heterocycles. The van der Waals surface area contributed by atoms with Gasteiger partial charge in [-0.25, -0.2) is 4.98 Å². The van der Waals surface area contributed by atoms with Crippen molar-refractivity contribution in [1.29, 1.82) is 0 Å². The van der Waals surface area contributed by atoms with Crippen LogP contribution in [0.3, 0.4) is 0 Å². The standard InChI is InChI=1S/C17H20N2O2/c1-11(18)12-7-8-19-15(9-12)20-14-6-4-5-13-10-17(2,3)21-16(13)14/h4-9,11H,10,18H2,1-3H3. The number of nitrogens with zero attached hydrogens (tertiary/aromatic N) is 1. The minimum Gasteiger partial charge on any atom is -0.483 e. The average Bonchev–Trinajstić information content (AvgIpc) is 2.74.